The van der Waals surface area contributed by atoms with Gasteiger partial charge in [0.25, 0.3) is 11.8 Å². The number of phenolic OH excluding ortho intramolecular Hbond substituents is 1. The Hall–Kier alpha value is -2.99. The van der Waals surface area contributed by atoms with Crippen LogP contribution in [0.4, 0.5) is 5.69 Å². The summed E-state index contributed by atoms with van der Waals surface area (Å²) in [4.78, 5) is 24.3. The summed E-state index contributed by atoms with van der Waals surface area (Å²) in [7, 11) is 1.52. The number of methoxy groups -OCH3 is 1. The van der Waals surface area contributed by atoms with Gasteiger partial charge in [-0.2, -0.15) is 0 Å². The third-order valence-electron chi connectivity index (χ3n) is 3.51. The lowest BCUT2D eigenvalue weighted by Crippen LogP contribution is -2.24. The lowest BCUT2D eigenvalue weighted by atomic mass is 10.0. The van der Waals surface area contributed by atoms with E-state index in [0.29, 0.717) is 17.0 Å². The molecule has 3 N–H and O–H groups in total. The quantitative estimate of drug-likeness (QED) is 0.586. The van der Waals surface area contributed by atoms with Crippen molar-refractivity contribution in [2.24, 2.45) is 0 Å². The molecule has 1 aliphatic heterocycles. The molecule has 0 bridgehead atoms. The number of aromatic hydroxyl groups is 1. The summed E-state index contributed by atoms with van der Waals surface area (Å²) in [6.07, 6.45) is 0. The van der Waals surface area contributed by atoms with Gasteiger partial charge in [-0.1, -0.05) is 23.7 Å². The Balaban J connectivity index is 2.05. The summed E-state index contributed by atoms with van der Waals surface area (Å²) >= 11 is 5.87. The summed E-state index contributed by atoms with van der Waals surface area (Å²) < 4.78 is 5.15. The molecule has 0 unspecified atom stereocenters. The molecule has 0 aliphatic carbocycles. The first-order valence-corrected chi connectivity index (χ1v) is 7.37. The predicted octanol–water partition coefficient (Wildman–Crippen LogP) is 2.53. The second kappa shape index (κ2) is 6.25. The second-order valence-corrected chi connectivity index (χ2v) is 5.46. The van der Waals surface area contributed by atoms with E-state index in [2.05, 4.69) is 10.6 Å². The molecular weight excluding hydrogens is 332 g/mol. The first-order valence-electron chi connectivity index (χ1n) is 6.99. The number of carbonyl (C=O) groups is 2. The van der Waals surface area contributed by atoms with E-state index in [1.807, 2.05) is 0 Å². The zero-order chi connectivity index (χ0) is 17.3. The molecule has 24 heavy (non-hydrogen) atoms. The fourth-order valence-electron chi connectivity index (χ4n) is 2.36. The molecule has 1 heterocycles. The summed E-state index contributed by atoms with van der Waals surface area (Å²) in [6.45, 7) is 0. The number of hydrogen-bond acceptors (Lipinski definition) is 5. The lowest BCUT2D eigenvalue weighted by molar-refractivity contribution is -0.123. The summed E-state index contributed by atoms with van der Waals surface area (Å²) in [5.41, 5.74) is 1.33. The molecule has 0 spiro atoms. The molecule has 3 rings (SSSR count). The number of halogens is 1. The number of phenols is 1. The van der Waals surface area contributed by atoms with E-state index in [4.69, 9.17) is 16.3 Å². The fraction of sp³-hybridized carbons (Fsp3) is 0.0588. The van der Waals surface area contributed by atoms with Gasteiger partial charge in [-0.05, 0) is 35.9 Å². The average Bonchev–Trinajstić information content (AvgIpc) is 2.84. The molecule has 2 amide bonds. The van der Waals surface area contributed by atoms with Crippen molar-refractivity contribution in [1.29, 1.82) is 0 Å². The molecule has 0 atom stereocenters. The maximum atomic E-state index is 12.2. The van der Waals surface area contributed by atoms with E-state index < -0.39 is 11.8 Å². The van der Waals surface area contributed by atoms with E-state index in [9.17, 15) is 14.7 Å². The molecule has 1 aliphatic rings. The molecule has 0 fully saturated rings. The van der Waals surface area contributed by atoms with Crippen LogP contribution in [0.5, 0.6) is 11.5 Å². The number of carbonyl (C=O) groups excluding carboxylic acids is 2. The van der Waals surface area contributed by atoms with Crippen molar-refractivity contribution in [1.82, 2.24) is 5.32 Å². The van der Waals surface area contributed by atoms with Crippen LogP contribution in [0.25, 0.3) is 5.57 Å². The first-order chi connectivity index (χ1) is 11.5. The van der Waals surface area contributed by atoms with Crippen molar-refractivity contribution in [3.63, 3.8) is 0 Å². The highest BCUT2D eigenvalue weighted by Crippen LogP contribution is 2.30. The molecule has 2 aromatic carbocycles. The summed E-state index contributed by atoms with van der Waals surface area (Å²) in [5.74, 6) is -0.544. The standard InChI is InChI=1S/C17H13ClN2O4/c1-24-11-4-2-3-9(7-11)14-15(17(23)20-16(14)22)19-10-5-6-13(21)12(18)8-10/h2-8,21H,1H3,(H2,19,20,22,23). The molecular formula is C17H13ClN2O4. The summed E-state index contributed by atoms with van der Waals surface area (Å²) in [5, 5.41) is 14.7. The highest BCUT2D eigenvalue weighted by molar-refractivity contribution is 6.37. The Morgan fingerprint density at radius 1 is 1.12 bits per heavy atom. The summed E-state index contributed by atoms with van der Waals surface area (Å²) in [6, 6.07) is 11.3. The average molecular weight is 345 g/mol. The van der Waals surface area contributed by atoms with Gasteiger partial charge in [0.05, 0.1) is 17.7 Å². The highest BCUT2D eigenvalue weighted by Gasteiger charge is 2.31. The zero-order valence-corrected chi connectivity index (χ0v) is 13.3. The normalized spacial score (nSPS) is 13.9. The van der Waals surface area contributed by atoms with E-state index in [-0.39, 0.29) is 22.0 Å². The highest BCUT2D eigenvalue weighted by atomic mass is 35.5. The predicted molar refractivity (Wildman–Crippen MR) is 89.8 cm³/mol. The Kier molecular flexibility index (Phi) is 4.14. The van der Waals surface area contributed by atoms with Gasteiger partial charge in [-0.15, -0.1) is 0 Å². The van der Waals surface area contributed by atoms with Crippen molar-refractivity contribution < 1.29 is 19.4 Å². The van der Waals surface area contributed by atoms with Gasteiger partial charge >= 0.3 is 0 Å². The zero-order valence-electron chi connectivity index (χ0n) is 12.6. The van der Waals surface area contributed by atoms with Crippen molar-refractivity contribution >= 4 is 34.7 Å². The van der Waals surface area contributed by atoms with Crippen LogP contribution in [0.2, 0.25) is 5.02 Å². The van der Waals surface area contributed by atoms with E-state index in [1.165, 1.54) is 19.2 Å². The molecule has 122 valence electrons. The van der Waals surface area contributed by atoms with Crippen molar-refractivity contribution in [3.8, 4) is 11.5 Å². The number of rotatable bonds is 4. The van der Waals surface area contributed by atoms with Gasteiger partial charge in [0.1, 0.15) is 17.2 Å². The van der Waals surface area contributed by atoms with E-state index >= 15 is 0 Å². The van der Waals surface area contributed by atoms with Crippen LogP contribution in [0.3, 0.4) is 0 Å². The molecule has 6 nitrogen and oxygen atoms in total. The number of imide groups is 1. The third kappa shape index (κ3) is 2.91. The maximum absolute atomic E-state index is 12.2. The maximum Gasteiger partial charge on any atom is 0.275 e. The fourth-order valence-corrected chi connectivity index (χ4v) is 2.54. The number of amides is 2. The van der Waals surface area contributed by atoms with Crippen LogP contribution in [0.1, 0.15) is 5.56 Å². The molecule has 0 aromatic heterocycles. The molecule has 0 saturated carbocycles. The monoisotopic (exact) mass is 344 g/mol. The van der Waals surface area contributed by atoms with Crippen molar-refractivity contribution in [2.75, 3.05) is 12.4 Å². The third-order valence-corrected chi connectivity index (χ3v) is 3.81. The molecule has 2 aromatic rings. The number of hydrogen-bond donors (Lipinski definition) is 3. The Labute approximate surface area is 142 Å². The van der Waals surface area contributed by atoms with Gasteiger partial charge < -0.3 is 15.2 Å². The van der Waals surface area contributed by atoms with Crippen LogP contribution < -0.4 is 15.4 Å². The molecule has 0 saturated heterocycles. The van der Waals surface area contributed by atoms with Gasteiger partial charge in [0.15, 0.2) is 0 Å². The lowest BCUT2D eigenvalue weighted by Gasteiger charge is -2.09. The molecule has 7 heteroatoms. The Morgan fingerprint density at radius 3 is 2.62 bits per heavy atom. The van der Waals surface area contributed by atoms with Crippen LogP contribution in [0, 0.1) is 0 Å². The number of benzene rings is 2. The molecule has 0 radical (unpaired) electrons. The van der Waals surface area contributed by atoms with Crippen LogP contribution in [-0.2, 0) is 9.59 Å². The minimum atomic E-state index is -0.540. The minimum absolute atomic E-state index is 0.0730. The number of anilines is 1. The first kappa shape index (κ1) is 15.9. The smallest absolute Gasteiger partial charge is 0.275 e. The Morgan fingerprint density at radius 2 is 1.92 bits per heavy atom. The van der Waals surface area contributed by atoms with Crippen LogP contribution in [-0.4, -0.2) is 24.0 Å². The van der Waals surface area contributed by atoms with Crippen LogP contribution in [0.15, 0.2) is 48.2 Å². The van der Waals surface area contributed by atoms with Gasteiger partial charge in [-0.25, -0.2) is 0 Å². The minimum Gasteiger partial charge on any atom is -0.506 e. The van der Waals surface area contributed by atoms with Crippen molar-refractivity contribution in [3.05, 3.63) is 58.7 Å². The number of nitrogens with one attached hydrogen (secondary N) is 2. The van der Waals surface area contributed by atoms with Gasteiger partial charge in [0, 0.05) is 5.69 Å². The van der Waals surface area contributed by atoms with Crippen molar-refractivity contribution in [2.45, 2.75) is 0 Å². The van der Waals surface area contributed by atoms with Gasteiger partial charge in [0.2, 0.25) is 0 Å². The van der Waals surface area contributed by atoms with E-state index in [0.717, 1.165) is 0 Å². The van der Waals surface area contributed by atoms with E-state index in [1.54, 1.807) is 30.3 Å². The number of ether oxygens (including phenoxy) is 1. The Bertz CT molecular complexity index is 877. The van der Waals surface area contributed by atoms with Gasteiger partial charge in [-0.3, -0.25) is 14.9 Å². The topological polar surface area (TPSA) is 87.7 Å². The largest absolute Gasteiger partial charge is 0.506 e. The van der Waals surface area contributed by atoms with Crippen LogP contribution >= 0.6 is 11.6 Å². The second-order valence-electron chi connectivity index (χ2n) is 5.06. The SMILES string of the molecule is COc1cccc(C2=C(Nc3ccc(O)c(Cl)c3)C(=O)NC2=O)c1.